The molecule has 0 bridgehead atoms. The number of aliphatic hydroxyl groups is 1. The molecule has 0 spiro atoms. The van der Waals surface area contributed by atoms with Crippen molar-refractivity contribution in [1.29, 1.82) is 0 Å². The van der Waals surface area contributed by atoms with E-state index < -0.39 is 0 Å². The fourth-order valence-electron chi connectivity index (χ4n) is 3.40. The van der Waals surface area contributed by atoms with E-state index in [-0.39, 0.29) is 0 Å². The van der Waals surface area contributed by atoms with Crippen LogP contribution in [0.4, 0.5) is 0 Å². The molecule has 1 rings (SSSR count). The van der Waals surface area contributed by atoms with Gasteiger partial charge in [-0.15, -0.1) is 0 Å². The van der Waals surface area contributed by atoms with Crippen LogP contribution >= 0.6 is 0 Å². The van der Waals surface area contributed by atoms with Gasteiger partial charge in [-0.05, 0) is 69.9 Å². The summed E-state index contributed by atoms with van der Waals surface area (Å²) in [5.74, 6) is 0.463. The largest absolute Gasteiger partial charge is 0.396 e. The number of unbranched alkanes of at least 4 members (excludes halogenated alkanes) is 7. The molecule has 0 radical (unpaired) electrons. The Morgan fingerprint density at radius 1 is 0.840 bits per heavy atom. The number of hydrogen-bond acceptors (Lipinski definition) is 1. The molecule has 1 heterocycles. The Bertz CT molecular complexity index is 410. The van der Waals surface area contributed by atoms with E-state index in [2.05, 4.69) is 55.1 Å². The minimum absolute atomic E-state index is 0.333. The molecule has 1 unspecified atom stereocenters. The average Bonchev–Trinajstić information content (AvgIpc) is 3.16. The molecular weight excluding hydrogens is 306 g/mol. The van der Waals surface area contributed by atoms with Gasteiger partial charge in [0.2, 0.25) is 0 Å². The van der Waals surface area contributed by atoms with E-state index in [1.807, 2.05) is 0 Å². The van der Waals surface area contributed by atoms with Gasteiger partial charge >= 0.3 is 0 Å². The maximum Gasteiger partial charge on any atom is 0.0459 e. The minimum Gasteiger partial charge on any atom is -0.396 e. The zero-order valence-corrected chi connectivity index (χ0v) is 16.7. The van der Waals surface area contributed by atoms with Crippen molar-refractivity contribution in [3.05, 3.63) is 36.7 Å². The molecule has 0 fully saturated rings. The zero-order chi connectivity index (χ0) is 18.2. The van der Waals surface area contributed by atoms with Crippen LogP contribution in [0.5, 0.6) is 0 Å². The SMILES string of the molecule is CCCCCCCC/C=C\CCC[C@H](CO)CCC(C)n1cccc1. The molecule has 0 aliphatic rings. The van der Waals surface area contributed by atoms with Crippen LogP contribution in [0.3, 0.4) is 0 Å². The standard InChI is InChI=1S/C23H41NO/c1-3-4-5-6-7-8-9-10-11-12-13-16-23(21-25)18-17-22(2)24-19-14-15-20-24/h10-11,14-15,19-20,22-23,25H,3-9,12-13,16-18,21H2,1-2H3/b11-10-/t22?,23-/m0/s1. The van der Waals surface area contributed by atoms with Gasteiger partial charge in [-0.25, -0.2) is 0 Å². The van der Waals surface area contributed by atoms with Gasteiger partial charge in [0, 0.05) is 25.0 Å². The second-order valence-electron chi connectivity index (χ2n) is 7.56. The van der Waals surface area contributed by atoms with Crippen LogP contribution in [-0.4, -0.2) is 16.3 Å². The van der Waals surface area contributed by atoms with Crippen LogP contribution in [-0.2, 0) is 0 Å². The first-order chi connectivity index (χ1) is 12.3. The normalized spacial score (nSPS) is 14.2. The molecule has 144 valence electrons. The Balaban J connectivity index is 2.00. The van der Waals surface area contributed by atoms with Crippen molar-refractivity contribution in [2.75, 3.05) is 6.61 Å². The Hall–Kier alpha value is -1.02. The summed E-state index contributed by atoms with van der Waals surface area (Å²) < 4.78 is 2.26. The molecule has 0 saturated heterocycles. The summed E-state index contributed by atoms with van der Waals surface area (Å²) in [5.41, 5.74) is 0. The topological polar surface area (TPSA) is 25.2 Å². The van der Waals surface area contributed by atoms with E-state index in [0.717, 1.165) is 19.3 Å². The van der Waals surface area contributed by atoms with Gasteiger partial charge in [0.25, 0.3) is 0 Å². The number of aromatic nitrogens is 1. The Kier molecular flexibility index (Phi) is 13.4. The van der Waals surface area contributed by atoms with E-state index in [4.69, 9.17) is 0 Å². The lowest BCUT2D eigenvalue weighted by molar-refractivity contribution is 0.201. The molecule has 0 aromatic carbocycles. The van der Waals surface area contributed by atoms with Crippen LogP contribution < -0.4 is 0 Å². The summed E-state index contributed by atoms with van der Waals surface area (Å²) in [6.45, 7) is 4.87. The van der Waals surface area contributed by atoms with Crippen LogP contribution in [0.1, 0.15) is 96.9 Å². The van der Waals surface area contributed by atoms with Gasteiger partial charge in [-0.3, -0.25) is 0 Å². The van der Waals surface area contributed by atoms with Gasteiger partial charge in [-0.1, -0.05) is 51.2 Å². The highest BCUT2D eigenvalue weighted by Gasteiger charge is 2.10. The van der Waals surface area contributed by atoms with Crippen molar-refractivity contribution < 1.29 is 5.11 Å². The van der Waals surface area contributed by atoms with E-state index in [0.29, 0.717) is 18.6 Å². The summed E-state index contributed by atoms with van der Waals surface area (Å²) >= 11 is 0. The maximum atomic E-state index is 9.61. The molecule has 1 aromatic rings. The second kappa shape index (κ2) is 15.3. The first-order valence-corrected chi connectivity index (χ1v) is 10.7. The summed E-state index contributed by atoms with van der Waals surface area (Å²) in [4.78, 5) is 0. The van der Waals surface area contributed by atoms with E-state index >= 15 is 0 Å². The first-order valence-electron chi connectivity index (χ1n) is 10.7. The second-order valence-corrected chi connectivity index (χ2v) is 7.56. The molecule has 2 atom stereocenters. The van der Waals surface area contributed by atoms with Crippen molar-refractivity contribution in [3.8, 4) is 0 Å². The van der Waals surface area contributed by atoms with E-state index in [1.165, 1.54) is 57.8 Å². The number of rotatable bonds is 16. The van der Waals surface area contributed by atoms with Crippen molar-refractivity contribution in [3.63, 3.8) is 0 Å². The molecule has 0 amide bonds. The zero-order valence-electron chi connectivity index (χ0n) is 16.7. The molecule has 0 saturated carbocycles. The molecule has 2 heteroatoms. The first kappa shape index (κ1) is 22.0. The molecule has 1 aromatic heterocycles. The van der Waals surface area contributed by atoms with Crippen molar-refractivity contribution in [2.45, 2.75) is 96.9 Å². The van der Waals surface area contributed by atoms with E-state index in [1.54, 1.807) is 0 Å². The van der Waals surface area contributed by atoms with Gasteiger partial charge < -0.3 is 9.67 Å². The third-order valence-electron chi connectivity index (χ3n) is 5.26. The molecule has 0 aliphatic heterocycles. The van der Waals surface area contributed by atoms with Gasteiger partial charge in [0.15, 0.2) is 0 Å². The average molecular weight is 348 g/mol. The van der Waals surface area contributed by atoms with E-state index in [9.17, 15) is 5.11 Å². The highest BCUT2D eigenvalue weighted by molar-refractivity contribution is 4.92. The lowest BCUT2D eigenvalue weighted by Crippen LogP contribution is -2.10. The predicted octanol–water partition coefficient (Wildman–Crippen LogP) is 6.91. The molecular formula is C23H41NO. The van der Waals surface area contributed by atoms with Gasteiger partial charge in [0.05, 0.1) is 0 Å². The third-order valence-corrected chi connectivity index (χ3v) is 5.26. The Morgan fingerprint density at radius 2 is 1.48 bits per heavy atom. The van der Waals surface area contributed by atoms with Crippen LogP contribution in [0.25, 0.3) is 0 Å². The van der Waals surface area contributed by atoms with Crippen LogP contribution in [0.15, 0.2) is 36.7 Å². The summed E-state index contributed by atoms with van der Waals surface area (Å²) in [7, 11) is 0. The number of hydrogen-bond donors (Lipinski definition) is 1. The molecule has 0 aliphatic carbocycles. The number of aliphatic hydroxyl groups excluding tert-OH is 1. The lowest BCUT2D eigenvalue weighted by atomic mass is 9.95. The smallest absolute Gasteiger partial charge is 0.0459 e. The van der Waals surface area contributed by atoms with Gasteiger partial charge in [0.1, 0.15) is 0 Å². The lowest BCUT2D eigenvalue weighted by Gasteiger charge is -2.18. The highest BCUT2D eigenvalue weighted by atomic mass is 16.3. The Labute approximate surface area is 156 Å². The molecule has 25 heavy (non-hydrogen) atoms. The fourth-order valence-corrected chi connectivity index (χ4v) is 3.40. The highest BCUT2D eigenvalue weighted by Crippen LogP contribution is 2.21. The molecule has 1 N–H and O–H groups in total. The summed E-state index contributed by atoms with van der Waals surface area (Å²) in [6, 6.07) is 4.69. The third kappa shape index (κ3) is 11.3. The quantitative estimate of drug-likeness (QED) is 0.255. The minimum atomic E-state index is 0.333. The van der Waals surface area contributed by atoms with Crippen LogP contribution in [0.2, 0.25) is 0 Å². The summed E-state index contributed by atoms with van der Waals surface area (Å²) in [5, 5.41) is 9.61. The Morgan fingerprint density at radius 3 is 2.16 bits per heavy atom. The van der Waals surface area contributed by atoms with Crippen molar-refractivity contribution >= 4 is 0 Å². The van der Waals surface area contributed by atoms with Crippen LogP contribution in [0, 0.1) is 5.92 Å². The summed E-state index contributed by atoms with van der Waals surface area (Å²) in [6.07, 6.45) is 24.3. The number of allylic oxidation sites excluding steroid dienone is 2. The predicted molar refractivity (Wildman–Crippen MR) is 110 cm³/mol. The van der Waals surface area contributed by atoms with Gasteiger partial charge in [-0.2, -0.15) is 0 Å². The fraction of sp³-hybridized carbons (Fsp3) is 0.739. The maximum absolute atomic E-state index is 9.61. The van der Waals surface area contributed by atoms with Crippen molar-refractivity contribution in [2.24, 2.45) is 5.92 Å². The number of nitrogens with zero attached hydrogens (tertiary/aromatic N) is 1. The van der Waals surface area contributed by atoms with Crippen molar-refractivity contribution in [1.82, 2.24) is 4.57 Å². The molecule has 2 nitrogen and oxygen atoms in total. The monoisotopic (exact) mass is 347 g/mol.